The molecule has 1 aromatic carbocycles. The van der Waals surface area contributed by atoms with Gasteiger partial charge in [-0.3, -0.25) is 9.59 Å². The molecule has 4 aliphatic rings. The summed E-state index contributed by atoms with van der Waals surface area (Å²) in [4.78, 5) is 43.9. The van der Waals surface area contributed by atoms with Crippen molar-refractivity contribution in [3.05, 3.63) is 60.9 Å². The molecule has 1 saturated carbocycles. The number of carbonyl (C=O) groups is 2. The van der Waals surface area contributed by atoms with Crippen molar-refractivity contribution in [3.63, 3.8) is 0 Å². The zero-order valence-electron chi connectivity index (χ0n) is 21.5. The van der Waals surface area contributed by atoms with Gasteiger partial charge in [0.15, 0.2) is 5.60 Å². The lowest BCUT2D eigenvalue weighted by atomic mass is 9.83. The van der Waals surface area contributed by atoms with Gasteiger partial charge in [0.25, 0.3) is 5.56 Å². The maximum Gasteiger partial charge on any atom is 0.343 e. The van der Waals surface area contributed by atoms with Crippen LogP contribution in [-0.4, -0.2) is 37.2 Å². The fourth-order valence-corrected chi connectivity index (χ4v) is 7.19. The average molecular weight is 550 g/mol. The van der Waals surface area contributed by atoms with Crippen molar-refractivity contribution < 1.29 is 24.5 Å². The van der Waals surface area contributed by atoms with E-state index < -0.39 is 23.1 Å². The zero-order chi connectivity index (χ0) is 27.4. The Morgan fingerprint density at radius 2 is 1.97 bits per heavy atom. The summed E-state index contributed by atoms with van der Waals surface area (Å²) in [5.74, 6) is -1.78. The number of cyclic esters (lactones) is 1. The quantitative estimate of drug-likeness (QED) is 0.324. The van der Waals surface area contributed by atoms with Gasteiger partial charge in [-0.1, -0.05) is 18.5 Å². The Bertz CT molecular complexity index is 1710. The van der Waals surface area contributed by atoms with Crippen LogP contribution in [0.1, 0.15) is 66.0 Å². The Balaban J connectivity index is 1.53. The molecule has 2 aromatic heterocycles. The van der Waals surface area contributed by atoms with Crippen LogP contribution >= 0.6 is 11.6 Å². The number of aryl methyl sites for hydroxylation is 1. The van der Waals surface area contributed by atoms with E-state index in [0.29, 0.717) is 34.8 Å². The number of rotatable bonds is 5. The van der Waals surface area contributed by atoms with E-state index >= 15 is 0 Å². The van der Waals surface area contributed by atoms with Crippen LogP contribution in [0.5, 0.6) is 0 Å². The van der Waals surface area contributed by atoms with Crippen LogP contribution in [0.3, 0.4) is 0 Å². The summed E-state index contributed by atoms with van der Waals surface area (Å²) in [5.41, 5.74) is 7.38. The van der Waals surface area contributed by atoms with Crippen molar-refractivity contribution in [1.29, 1.82) is 0 Å². The Morgan fingerprint density at radius 1 is 1.23 bits per heavy atom. The highest BCUT2D eigenvalue weighted by Gasteiger charge is 2.50. The highest BCUT2D eigenvalue weighted by Crippen LogP contribution is 2.47. The standard InChI is InChI=1S/C29H28ClN3O6/c1-2-28(37)19-8-22-24-17(11-33(22)25(34)18(19)12-39-27(28)36)16(10-29(38,26(31)35)13-6-7-13)23-15-5-3-4-14(15)20(30)9-21(23)32-24/h8-9,13,37-38H,2-7,10-12H2,1H3,(H2,31,35)/t28-,29?/m0/s1. The first kappa shape index (κ1) is 24.7. The number of halogens is 1. The van der Waals surface area contributed by atoms with E-state index in [4.69, 9.17) is 27.1 Å². The molecule has 0 spiro atoms. The Morgan fingerprint density at radius 3 is 2.67 bits per heavy atom. The van der Waals surface area contributed by atoms with Crippen molar-refractivity contribution >= 4 is 34.4 Å². The van der Waals surface area contributed by atoms with Gasteiger partial charge >= 0.3 is 5.97 Å². The number of nitrogens with two attached hydrogens (primary N) is 1. The molecule has 0 saturated heterocycles. The number of pyridine rings is 2. The molecule has 10 heteroatoms. The highest BCUT2D eigenvalue weighted by molar-refractivity contribution is 6.32. The Labute approximate surface area is 228 Å². The maximum atomic E-state index is 13.7. The summed E-state index contributed by atoms with van der Waals surface area (Å²) in [7, 11) is 0. The van der Waals surface area contributed by atoms with Gasteiger partial charge in [0.1, 0.15) is 12.2 Å². The minimum absolute atomic E-state index is 0.00533. The summed E-state index contributed by atoms with van der Waals surface area (Å²) < 4.78 is 6.75. The number of hydrogen-bond donors (Lipinski definition) is 3. The first-order valence-corrected chi connectivity index (χ1v) is 13.8. The minimum Gasteiger partial charge on any atom is -0.458 e. The second kappa shape index (κ2) is 8.13. The van der Waals surface area contributed by atoms with E-state index in [0.717, 1.165) is 46.9 Å². The molecule has 2 atom stereocenters. The molecule has 1 fully saturated rings. The molecule has 2 aliphatic heterocycles. The van der Waals surface area contributed by atoms with Crippen LogP contribution in [0.15, 0.2) is 16.9 Å². The predicted octanol–water partition coefficient (Wildman–Crippen LogP) is 2.39. The number of primary amides is 1. The molecule has 3 aromatic rings. The van der Waals surface area contributed by atoms with Crippen molar-refractivity contribution in [2.45, 2.75) is 76.2 Å². The van der Waals surface area contributed by atoms with E-state index in [-0.39, 0.29) is 48.6 Å². The van der Waals surface area contributed by atoms with Crippen LogP contribution < -0.4 is 11.3 Å². The molecule has 1 amide bonds. The number of hydrogen-bond acceptors (Lipinski definition) is 7. The fourth-order valence-electron chi connectivity index (χ4n) is 6.87. The number of fused-ring (bicyclic) bond motifs is 7. The second-order valence-electron chi connectivity index (χ2n) is 11.3. The maximum absolute atomic E-state index is 13.7. The Kier molecular flexibility index (Phi) is 5.16. The molecule has 4 N–H and O–H groups in total. The third-order valence-corrected chi connectivity index (χ3v) is 9.58. The smallest absolute Gasteiger partial charge is 0.343 e. The molecular formula is C29H28ClN3O6. The van der Waals surface area contributed by atoms with Gasteiger partial charge in [0.2, 0.25) is 5.91 Å². The number of aromatic nitrogens is 2. The molecule has 9 nitrogen and oxygen atoms in total. The van der Waals surface area contributed by atoms with Gasteiger partial charge in [-0.2, -0.15) is 0 Å². The van der Waals surface area contributed by atoms with Gasteiger partial charge in [-0.15, -0.1) is 0 Å². The van der Waals surface area contributed by atoms with Crippen LogP contribution in [0.25, 0.3) is 22.3 Å². The van der Waals surface area contributed by atoms with Gasteiger partial charge in [-0.05, 0) is 73.3 Å². The van der Waals surface area contributed by atoms with Gasteiger partial charge in [-0.25, -0.2) is 9.78 Å². The number of nitrogens with zero attached hydrogens (tertiary/aromatic N) is 2. The van der Waals surface area contributed by atoms with E-state index in [1.54, 1.807) is 17.6 Å². The molecule has 0 bridgehead atoms. The van der Waals surface area contributed by atoms with Crippen LogP contribution in [0, 0.1) is 5.92 Å². The number of benzene rings is 1. The van der Waals surface area contributed by atoms with E-state index in [1.807, 2.05) is 6.07 Å². The lowest BCUT2D eigenvalue weighted by molar-refractivity contribution is -0.172. The summed E-state index contributed by atoms with van der Waals surface area (Å²) in [5, 5.41) is 24.3. The topological polar surface area (TPSA) is 145 Å². The van der Waals surface area contributed by atoms with E-state index in [2.05, 4.69) is 0 Å². The zero-order valence-corrected chi connectivity index (χ0v) is 22.2. The van der Waals surface area contributed by atoms with Gasteiger partial charge in [0, 0.05) is 28.0 Å². The number of esters is 1. The molecule has 39 heavy (non-hydrogen) atoms. The summed E-state index contributed by atoms with van der Waals surface area (Å²) >= 11 is 6.69. The Hall–Kier alpha value is -3.27. The molecule has 202 valence electrons. The molecule has 2 aliphatic carbocycles. The largest absolute Gasteiger partial charge is 0.458 e. The van der Waals surface area contributed by atoms with Gasteiger partial charge in [0.05, 0.1) is 29.0 Å². The van der Waals surface area contributed by atoms with Crippen molar-refractivity contribution in [1.82, 2.24) is 9.55 Å². The summed E-state index contributed by atoms with van der Waals surface area (Å²) in [6.07, 6.45) is 4.03. The number of amides is 1. The van der Waals surface area contributed by atoms with E-state index in [1.165, 1.54) is 0 Å². The molecule has 1 unspecified atom stereocenters. The van der Waals surface area contributed by atoms with Crippen molar-refractivity contribution in [2.75, 3.05) is 0 Å². The van der Waals surface area contributed by atoms with Crippen LogP contribution in [-0.2, 0) is 52.3 Å². The predicted molar refractivity (Wildman–Crippen MR) is 142 cm³/mol. The van der Waals surface area contributed by atoms with Crippen LogP contribution in [0.2, 0.25) is 5.02 Å². The number of aliphatic hydroxyl groups is 2. The first-order valence-electron chi connectivity index (χ1n) is 13.4. The molecule has 4 heterocycles. The van der Waals surface area contributed by atoms with E-state index in [9.17, 15) is 24.6 Å². The number of carbonyl (C=O) groups excluding carboxylic acids is 2. The average Bonchev–Trinajstić information content (AvgIpc) is 3.54. The fraction of sp³-hybridized carbons (Fsp3) is 0.448. The number of ether oxygens (including phenoxy) is 1. The molecule has 0 radical (unpaired) electrons. The summed E-state index contributed by atoms with van der Waals surface area (Å²) in [6.45, 7) is 1.61. The van der Waals surface area contributed by atoms with Crippen LogP contribution in [0.4, 0.5) is 0 Å². The highest BCUT2D eigenvalue weighted by atomic mass is 35.5. The monoisotopic (exact) mass is 549 g/mol. The SMILES string of the molecule is CC[C@@]1(O)C(=O)OCc2c1cc1n(c2=O)Cc2c-1nc1cc(Cl)c3c(c1c2CC(O)(C(N)=O)C1CC1)CCC3. The summed E-state index contributed by atoms with van der Waals surface area (Å²) in [6, 6.07) is 3.47. The lowest BCUT2D eigenvalue weighted by Gasteiger charge is -2.31. The van der Waals surface area contributed by atoms with Crippen molar-refractivity contribution in [2.24, 2.45) is 11.7 Å². The third kappa shape index (κ3) is 3.27. The molecule has 7 rings (SSSR count). The van der Waals surface area contributed by atoms with Gasteiger partial charge < -0.3 is 25.3 Å². The normalized spacial score (nSPS) is 22.6. The first-order chi connectivity index (χ1) is 18.6. The van der Waals surface area contributed by atoms with Crippen molar-refractivity contribution in [3.8, 4) is 11.4 Å². The third-order valence-electron chi connectivity index (χ3n) is 9.24. The second-order valence-corrected chi connectivity index (χ2v) is 11.7. The molecular weight excluding hydrogens is 522 g/mol. The minimum atomic E-state index is -1.94. The lowest BCUT2D eigenvalue weighted by Crippen LogP contribution is -2.48.